The van der Waals surface area contributed by atoms with Gasteiger partial charge in [-0.25, -0.2) is 0 Å². The number of halogens is 1. The van der Waals surface area contributed by atoms with E-state index in [1.807, 2.05) is 0 Å². The normalized spacial score (nSPS) is 8.92. The molecule has 0 unspecified atom stereocenters. The van der Waals surface area contributed by atoms with Crippen LogP contribution in [0, 0.1) is 0 Å². The minimum atomic E-state index is -4.67. The first-order chi connectivity index (χ1) is 4.00. The van der Waals surface area contributed by atoms with Crippen LogP contribution in [0.5, 0.6) is 0 Å². The molecule has 13 heavy (non-hydrogen) atoms. The molecule has 13 heteroatoms. The second-order valence-corrected chi connectivity index (χ2v) is 2.69. The van der Waals surface area contributed by atoms with Gasteiger partial charge < -0.3 is 2.85 Å². The smallest absolute Gasteiger partial charge is 1.00 e. The van der Waals surface area contributed by atoms with Crippen molar-refractivity contribution in [3.63, 3.8) is 0 Å². The van der Waals surface area contributed by atoms with Crippen molar-refractivity contribution in [2.24, 2.45) is 0 Å². The average Bonchev–Trinajstić information content (AvgIpc) is 1.12. The fraction of sp³-hybridized carbons (Fsp3) is 0. The third kappa shape index (κ3) is 301. The van der Waals surface area contributed by atoms with Crippen LogP contribution >= 0.6 is 17.0 Å². The van der Waals surface area contributed by atoms with Crippen molar-refractivity contribution in [2.45, 2.75) is 0 Å². The van der Waals surface area contributed by atoms with Crippen LogP contribution < -0.4 is 80.9 Å². The first kappa shape index (κ1) is 29.7. The molecule has 0 saturated carbocycles. The Morgan fingerprint density at radius 2 is 0.769 bits per heavy atom. The van der Waals surface area contributed by atoms with Crippen molar-refractivity contribution in [3.05, 3.63) is 0 Å². The second-order valence-electron chi connectivity index (χ2n) is 0.896. The van der Waals surface area contributed by atoms with Gasteiger partial charge >= 0.3 is 102 Å². The fourth-order valence-corrected chi connectivity index (χ4v) is 0. The van der Waals surface area contributed by atoms with Gasteiger partial charge in [-0.1, -0.05) is 0 Å². The fourth-order valence-electron chi connectivity index (χ4n) is 0. The zero-order valence-corrected chi connectivity index (χ0v) is 15.1. The number of hydrogen-bond acceptors (Lipinski definition) is 4. The summed E-state index contributed by atoms with van der Waals surface area (Å²) < 4.78 is 63.2. The Hall–Kier alpha value is 2.86. The van der Waals surface area contributed by atoms with E-state index >= 15 is 0 Å². The van der Waals surface area contributed by atoms with Crippen molar-refractivity contribution in [3.8, 4) is 0 Å². The monoisotopic (exact) mass is 340 g/mol. The summed E-state index contributed by atoms with van der Waals surface area (Å²) in [5, 5.41) is 0. The summed E-state index contributed by atoms with van der Waals surface area (Å²) >= 11 is 0. The molecule has 76 valence electrons. The average molecular weight is 341 g/mol. The van der Waals surface area contributed by atoms with Gasteiger partial charge in [0.05, 0.1) is 0 Å². The van der Waals surface area contributed by atoms with E-state index < -0.39 is 20.8 Å². The summed E-state index contributed by atoms with van der Waals surface area (Å²) in [6.07, 6.45) is 0. The molecule has 4 N–H and O–H groups in total. The van der Waals surface area contributed by atoms with Gasteiger partial charge in [-0.2, -0.15) is 16.8 Å². The summed E-state index contributed by atoms with van der Waals surface area (Å²) in [6, 6.07) is 0. The van der Waals surface area contributed by atoms with Gasteiger partial charge in [0, 0.05) is 0 Å². The van der Waals surface area contributed by atoms with Crippen LogP contribution in [0.2, 0.25) is 0 Å². The molecule has 0 amide bonds. The largest absolute Gasteiger partial charge is 1.00 e. The maximum atomic E-state index is 8.74. The third-order valence-corrected chi connectivity index (χ3v) is 0. The molecule has 0 bridgehead atoms. The van der Waals surface area contributed by atoms with Crippen LogP contribution in [0.25, 0.3) is 0 Å². The van der Waals surface area contributed by atoms with E-state index in [-0.39, 0.29) is 101 Å². The van der Waals surface area contributed by atoms with Gasteiger partial charge in [-0.05, 0) is 0 Å². The molecule has 0 radical (unpaired) electrons. The van der Waals surface area contributed by atoms with Gasteiger partial charge in [0.1, 0.15) is 0 Å². The molecule has 0 aliphatic rings. The van der Waals surface area contributed by atoms with E-state index in [1.54, 1.807) is 0 Å². The molecule has 0 fully saturated rings. The summed E-state index contributed by atoms with van der Waals surface area (Å²) in [6.45, 7) is 0. The molecule has 0 aromatic rings. The number of rotatable bonds is 0. The van der Waals surface area contributed by atoms with Crippen LogP contribution in [0.4, 0.5) is 0 Å². The molecular weight excluding hydrogens is 334 g/mol. The Labute approximate surface area is 153 Å². The van der Waals surface area contributed by atoms with Crippen molar-refractivity contribution >= 4 is 37.8 Å². The molecule has 0 rings (SSSR count). The van der Waals surface area contributed by atoms with Gasteiger partial charge in [0.15, 0.2) is 0 Å². The minimum Gasteiger partial charge on any atom is -1.00 e. The van der Waals surface area contributed by atoms with Crippen molar-refractivity contribution in [2.75, 3.05) is 0 Å². The van der Waals surface area contributed by atoms with Gasteiger partial charge in [0.25, 0.3) is 0 Å². The van der Waals surface area contributed by atoms with Gasteiger partial charge in [-0.15, -0.1) is 17.0 Å². The van der Waals surface area contributed by atoms with Crippen LogP contribution in [-0.4, -0.2) is 35.0 Å². The van der Waals surface area contributed by atoms with Crippen LogP contribution in [-0.2, 0) is 20.8 Å². The zero-order chi connectivity index (χ0) is 9.00. The van der Waals surface area contributed by atoms with Crippen LogP contribution in [0.3, 0.4) is 0 Å². The predicted molar refractivity (Wildman–Crippen MR) is 40.9 cm³/mol. The van der Waals surface area contributed by atoms with Gasteiger partial charge in [0.2, 0.25) is 0 Å². The summed E-state index contributed by atoms with van der Waals surface area (Å²) in [5.41, 5.74) is 0. The Balaban J connectivity index is -0.0000000128. The van der Waals surface area contributed by atoms with Gasteiger partial charge in [-0.3, -0.25) is 18.2 Å². The third-order valence-electron chi connectivity index (χ3n) is 0. The molecule has 0 aromatic heterocycles. The molecule has 8 nitrogen and oxygen atoms in total. The quantitative estimate of drug-likeness (QED) is 0.251. The topological polar surface area (TPSA) is 149 Å². The van der Waals surface area contributed by atoms with Crippen LogP contribution in [0.15, 0.2) is 0 Å². The van der Waals surface area contributed by atoms with Crippen molar-refractivity contribution in [1.82, 2.24) is 0 Å². The maximum Gasteiger partial charge on any atom is 1.00 e. The number of hydrogen-bond donors (Lipinski definition) is 4. The predicted octanol–water partition coefficient (Wildman–Crippen LogP) is -6.49. The van der Waals surface area contributed by atoms with E-state index in [4.69, 9.17) is 35.0 Å². The molecular formula is H7BrKNaO8S2. The molecule has 0 aliphatic heterocycles. The zero-order valence-electron chi connectivity index (χ0n) is 8.65. The Morgan fingerprint density at radius 1 is 0.769 bits per heavy atom. The van der Waals surface area contributed by atoms with E-state index in [2.05, 4.69) is 0 Å². The van der Waals surface area contributed by atoms with Crippen molar-refractivity contribution < 1.29 is 119 Å². The summed E-state index contributed by atoms with van der Waals surface area (Å²) in [5.74, 6) is 0. The van der Waals surface area contributed by atoms with E-state index in [9.17, 15) is 0 Å². The Kier molecular flexibility index (Phi) is 29.5. The summed E-state index contributed by atoms with van der Waals surface area (Å²) in [7, 11) is -9.33. The Bertz CT molecular complexity index is 227. The molecule has 0 heterocycles. The first-order valence-electron chi connectivity index (χ1n) is 1.40. The molecule has 0 aromatic carbocycles. The molecule has 0 spiro atoms. The van der Waals surface area contributed by atoms with Crippen LogP contribution in [0.1, 0.15) is 2.85 Å². The molecule has 0 saturated heterocycles. The molecule has 0 aliphatic carbocycles. The molecule has 0 atom stereocenters. The summed E-state index contributed by atoms with van der Waals surface area (Å²) in [4.78, 5) is 0. The second kappa shape index (κ2) is 12.9. The van der Waals surface area contributed by atoms with E-state index in [0.29, 0.717) is 0 Å². The minimum absolute atomic E-state index is 0. The standard InChI is InChI=1S/BrH.K.Na.2H2O4S.2H/c;;;2*1-5(2,3)4;;/h1H;;;2*(H2,1,2,3,4);;/q;2*+1;;;2*-1. The van der Waals surface area contributed by atoms with E-state index in [0.717, 1.165) is 0 Å². The maximum absolute atomic E-state index is 8.74. The Morgan fingerprint density at radius 3 is 0.769 bits per heavy atom. The van der Waals surface area contributed by atoms with E-state index in [1.165, 1.54) is 0 Å². The first-order valence-corrected chi connectivity index (χ1v) is 4.19. The SMILES string of the molecule is Br.O=S(=O)(O)O.O=S(=O)(O)O.[H-].[H-].[K+].[Na+]. The van der Waals surface area contributed by atoms with Crippen molar-refractivity contribution in [1.29, 1.82) is 0 Å².